The third kappa shape index (κ3) is 2.08. The van der Waals surface area contributed by atoms with Gasteiger partial charge in [-0.25, -0.2) is 4.52 Å². The summed E-state index contributed by atoms with van der Waals surface area (Å²) in [4.78, 5) is 5.42. The fourth-order valence-corrected chi connectivity index (χ4v) is 2.50. The lowest BCUT2D eigenvalue weighted by atomic mass is 10.1. The summed E-state index contributed by atoms with van der Waals surface area (Å²) in [5, 5.41) is 4.24. The van der Waals surface area contributed by atoms with E-state index in [1.165, 1.54) is 4.90 Å². The quantitative estimate of drug-likeness (QED) is 0.750. The average Bonchev–Trinajstić information content (AvgIpc) is 2.87. The van der Waals surface area contributed by atoms with Crippen LogP contribution >= 0.6 is 11.8 Å². The van der Waals surface area contributed by atoms with Crippen molar-refractivity contribution in [3.63, 3.8) is 0 Å². The second-order valence-corrected chi connectivity index (χ2v) is 5.10. The number of anilines is 1. The predicted octanol–water partition coefficient (Wildman–Crippen LogP) is 2.71. The van der Waals surface area contributed by atoms with Gasteiger partial charge in [-0.3, -0.25) is 0 Å². The fraction of sp³-hybridized carbons (Fsp3) is 0.143. The molecule has 0 saturated heterocycles. The first-order chi connectivity index (χ1) is 9.72. The molecule has 2 N–H and O–H groups in total. The number of ether oxygens (including phenoxy) is 1. The van der Waals surface area contributed by atoms with E-state index in [1.807, 2.05) is 12.1 Å². The van der Waals surface area contributed by atoms with Gasteiger partial charge < -0.3 is 10.5 Å². The number of fused-ring (bicyclic) bond motifs is 1. The summed E-state index contributed by atoms with van der Waals surface area (Å²) in [6, 6.07) is 12.1. The summed E-state index contributed by atoms with van der Waals surface area (Å²) >= 11 is 1.71. The zero-order valence-electron chi connectivity index (χ0n) is 11.2. The number of hydrogen-bond donors (Lipinski definition) is 1. The van der Waals surface area contributed by atoms with Crippen molar-refractivity contribution in [1.82, 2.24) is 14.6 Å². The summed E-state index contributed by atoms with van der Waals surface area (Å²) < 4.78 is 7.00. The van der Waals surface area contributed by atoms with Crippen molar-refractivity contribution in [2.45, 2.75) is 4.90 Å². The van der Waals surface area contributed by atoms with Gasteiger partial charge in [0.1, 0.15) is 0 Å². The Balaban J connectivity index is 2.20. The van der Waals surface area contributed by atoms with E-state index in [1.54, 1.807) is 23.4 Å². The number of rotatable bonds is 3. The van der Waals surface area contributed by atoms with Crippen LogP contribution in [0.1, 0.15) is 0 Å². The van der Waals surface area contributed by atoms with Crippen LogP contribution in [0, 0.1) is 0 Å². The van der Waals surface area contributed by atoms with Gasteiger partial charge in [-0.15, -0.1) is 16.9 Å². The maximum Gasteiger partial charge on any atom is 0.240 e. The molecule has 3 aromatic rings. The molecular formula is C14H14N4OS. The first-order valence-corrected chi connectivity index (χ1v) is 7.29. The molecule has 0 aliphatic carbocycles. The van der Waals surface area contributed by atoms with Crippen LogP contribution in [0.4, 0.5) is 5.95 Å². The van der Waals surface area contributed by atoms with E-state index in [4.69, 9.17) is 10.5 Å². The smallest absolute Gasteiger partial charge is 0.240 e. The monoisotopic (exact) mass is 286 g/mol. The minimum Gasteiger partial charge on any atom is -0.493 e. The van der Waals surface area contributed by atoms with Gasteiger partial charge in [-0.1, -0.05) is 12.1 Å². The van der Waals surface area contributed by atoms with E-state index in [0.29, 0.717) is 11.4 Å². The van der Waals surface area contributed by atoms with Crippen LogP contribution in [0.3, 0.4) is 0 Å². The lowest BCUT2D eigenvalue weighted by Gasteiger charge is -2.07. The van der Waals surface area contributed by atoms with E-state index in [9.17, 15) is 0 Å². The van der Waals surface area contributed by atoms with Crippen LogP contribution in [0.25, 0.3) is 16.9 Å². The van der Waals surface area contributed by atoms with E-state index in [-0.39, 0.29) is 5.95 Å². The van der Waals surface area contributed by atoms with Gasteiger partial charge >= 0.3 is 0 Å². The average molecular weight is 286 g/mol. The van der Waals surface area contributed by atoms with Crippen LogP contribution in [0.5, 0.6) is 5.75 Å². The minimum absolute atomic E-state index is 0.233. The Morgan fingerprint density at radius 3 is 2.55 bits per heavy atom. The number of methoxy groups -OCH3 is 1. The largest absolute Gasteiger partial charge is 0.493 e. The molecule has 0 radical (unpaired) electrons. The maximum absolute atomic E-state index is 5.70. The molecule has 20 heavy (non-hydrogen) atoms. The van der Waals surface area contributed by atoms with Crippen LogP contribution in [-0.2, 0) is 0 Å². The van der Waals surface area contributed by atoms with Crippen molar-refractivity contribution in [2.75, 3.05) is 19.1 Å². The standard InChI is InChI=1S/C14H14N4OS/c1-19-12-8-7-11(18-13(12)16-14(15)17-18)9-3-5-10(20-2)6-4-9/h3-8H,1-2H3,(H2,15,17). The van der Waals surface area contributed by atoms with Crippen LogP contribution in [0.15, 0.2) is 41.3 Å². The number of benzene rings is 1. The summed E-state index contributed by atoms with van der Waals surface area (Å²) in [7, 11) is 1.60. The number of nitrogens with zero attached hydrogens (tertiary/aromatic N) is 3. The highest BCUT2D eigenvalue weighted by molar-refractivity contribution is 7.98. The lowest BCUT2D eigenvalue weighted by molar-refractivity contribution is 0.416. The Kier molecular flexibility index (Phi) is 3.23. The third-order valence-corrected chi connectivity index (χ3v) is 3.81. The van der Waals surface area contributed by atoms with Crippen molar-refractivity contribution in [1.29, 1.82) is 0 Å². The van der Waals surface area contributed by atoms with E-state index < -0.39 is 0 Å². The number of pyridine rings is 1. The van der Waals surface area contributed by atoms with Gasteiger partial charge in [0.15, 0.2) is 11.4 Å². The maximum atomic E-state index is 5.70. The van der Waals surface area contributed by atoms with Gasteiger partial charge in [0, 0.05) is 10.5 Å². The molecular weight excluding hydrogens is 272 g/mol. The van der Waals surface area contributed by atoms with E-state index in [0.717, 1.165) is 11.3 Å². The minimum atomic E-state index is 0.233. The molecule has 0 aliphatic rings. The first-order valence-electron chi connectivity index (χ1n) is 6.06. The van der Waals surface area contributed by atoms with Crippen molar-refractivity contribution in [3.8, 4) is 17.0 Å². The molecule has 0 saturated carbocycles. The molecule has 102 valence electrons. The molecule has 2 aromatic heterocycles. The number of nitrogens with two attached hydrogens (primary N) is 1. The molecule has 0 aliphatic heterocycles. The van der Waals surface area contributed by atoms with Gasteiger partial charge in [-0.05, 0) is 30.5 Å². The Labute approximate surface area is 120 Å². The van der Waals surface area contributed by atoms with Crippen molar-refractivity contribution in [2.24, 2.45) is 0 Å². The highest BCUT2D eigenvalue weighted by Crippen LogP contribution is 2.27. The fourth-order valence-electron chi connectivity index (χ4n) is 2.09. The van der Waals surface area contributed by atoms with Gasteiger partial charge in [0.05, 0.1) is 12.8 Å². The summed E-state index contributed by atoms with van der Waals surface area (Å²) in [6.07, 6.45) is 2.05. The van der Waals surface area contributed by atoms with Crippen molar-refractivity contribution in [3.05, 3.63) is 36.4 Å². The molecule has 5 nitrogen and oxygen atoms in total. The normalized spacial score (nSPS) is 10.9. The topological polar surface area (TPSA) is 65.4 Å². The number of nitrogen functional groups attached to an aromatic ring is 1. The summed E-state index contributed by atoms with van der Waals surface area (Å²) in [6.45, 7) is 0. The SMILES string of the molecule is COc1ccc(-c2ccc(SC)cc2)n2nc(N)nc12. The Morgan fingerprint density at radius 1 is 1.15 bits per heavy atom. The molecule has 0 amide bonds. The number of thioether (sulfide) groups is 1. The van der Waals surface area contributed by atoms with Crippen molar-refractivity contribution < 1.29 is 4.74 Å². The molecule has 0 unspecified atom stereocenters. The van der Waals surface area contributed by atoms with Crippen LogP contribution in [-0.4, -0.2) is 28.0 Å². The van der Waals surface area contributed by atoms with E-state index in [2.05, 4.69) is 40.6 Å². The Bertz CT molecular complexity index is 752. The van der Waals surface area contributed by atoms with Gasteiger partial charge in [-0.2, -0.15) is 4.98 Å². The predicted molar refractivity (Wildman–Crippen MR) is 81.2 cm³/mol. The second-order valence-electron chi connectivity index (χ2n) is 4.22. The summed E-state index contributed by atoms with van der Waals surface area (Å²) in [5.41, 5.74) is 8.31. The molecule has 3 rings (SSSR count). The first kappa shape index (κ1) is 12.8. The molecule has 1 aromatic carbocycles. The highest BCUT2D eigenvalue weighted by Gasteiger charge is 2.12. The van der Waals surface area contributed by atoms with E-state index >= 15 is 0 Å². The molecule has 0 spiro atoms. The number of hydrogen-bond acceptors (Lipinski definition) is 5. The summed E-state index contributed by atoms with van der Waals surface area (Å²) in [5.74, 6) is 0.884. The Morgan fingerprint density at radius 2 is 1.90 bits per heavy atom. The van der Waals surface area contributed by atoms with Gasteiger partial charge in [0.25, 0.3) is 0 Å². The highest BCUT2D eigenvalue weighted by atomic mass is 32.2. The molecule has 0 bridgehead atoms. The van der Waals surface area contributed by atoms with Crippen molar-refractivity contribution >= 4 is 23.4 Å². The van der Waals surface area contributed by atoms with Gasteiger partial charge in [0.2, 0.25) is 5.95 Å². The molecule has 2 heterocycles. The zero-order chi connectivity index (χ0) is 14.1. The molecule has 0 atom stereocenters. The second kappa shape index (κ2) is 5.05. The Hall–Kier alpha value is -2.21. The third-order valence-electron chi connectivity index (χ3n) is 3.07. The van der Waals surface area contributed by atoms with Crippen LogP contribution in [0.2, 0.25) is 0 Å². The molecule has 0 fully saturated rings. The molecule has 6 heteroatoms. The zero-order valence-corrected chi connectivity index (χ0v) is 12.0. The number of aromatic nitrogens is 3. The van der Waals surface area contributed by atoms with Crippen LogP contribution < -0.4 is 10.5 Å². The lowest BCUT2D eigenvalue weighted by Crippen LogP contribution is -1.97.